The van der Waals surface area contributed by atoms with Crippen LogP contribution in [0.3, 0.4) is 0 Å². The van der Waals surface area contributed by atoms with Gasteiger partial charge in [-0.05, 0) is 69.9 Å². The fourth-order valence-corrected chi connectivity index (χ4v) is 3.61. The fraction of sp³-hybridized carbons (Fsp3) is 0.476. The molecular formula is C21H27N3O3. The summed E-state index contributed by atoms with van der Waals surface area (Å²) in [6.07, 6.45) is 5.07. The Morgan fingerprint density at radius 3 is 2.59 bits per heavy atom. The van der Waals surface area contributed by atoms with E-state index in [0.717, 1.165) is 43.6 Å². The molecule has 3 rings (SSSR count). The van der Waals surface area contributed by atoms with Crippen molar-refractivity contribution in [2.75, 3.05) is 6.54 Å². The van der Waals surface area contributed by atoms with Gasteiger partial charge in [-0.2, -0.15) is 5.10 Å². The van der Waals surface area contributed by atoms with E-state index in [1.807, 2.05) is 30.0 Å². The van der Waals surface area contributed by atoms with Gasteiger partial charge in [0, 0.05) is 24.5 Å². The average molecular weight is 369 g/mol. The maximum Gasteiger partial charge on any atom is 0.338 e. The number of esters is 1. The van der Waals surface area contributed by atoms with Gasteiger partial charge >= 0.3 is 5.97 Å². The number of aromatic nitrogens is 2. The van der Waals surface area contributed by atoms with Gasteiger partial charge in [-0.25, -0.2) is 9.48 Å². The molecule has 27 heavy (non-hydrogen) atoms. The average Bonchev–Trinajstić information content (AvgIpc) is 3.13. The van der Waals surface area contributed by atoms with E-state index in [0.29, 0.717) is 5.56 Å². The molecule has 1 aliphatic rings. The third-order valence-corrected chi connectivity index (χ3v) is 5.19. The van der Waals surface area contributed by atoms with Crippen LogP contribution in [0.15, 0.2) is 36.5 Å². The van der Waals surface area contributed by atoms with Crippen LogP contribution in [0.5, 0.6) is 0 Å². The van der Waals surface area contributed by atoms with Gasteiger partial charge in [0.2, 0.25) is 0 Å². The molecule has 2 heterocycles. The van der Waals surface area contributed by atoms with Crippen molar-refractivity contribution in [3.63, 3.8) is 0 Å². The molecule has 6 heteroatoms. The first-order valence-electron chi connectivity index (χ1n) is 9.63. The van der Waals surface area contributed by atoms with Crippen molar-refractivity contribution in [2.24, 2.45) is 0 Å². The number of nitrogens with zero attached hydrogens (tertiary/aromatic N) is 3. The van der Waals surface area contributed by atoms with Gasteiger partial charge in [-0.1, -0.05) is 6.92 Å². The SMILES string of the molecule is CCC1CCCCN1C(=O)C(C)OC(=O)c1ccc(-n2nccc2C)cc1. The summed E-state index contributed by atoms with van der Waals surface area (Å²) in [6.45, 7) is 6.46. The maximum atomic E-state index is 12.7. The van der Waals surface area contributed by atoms with E-state index in [1.165, 1.54) is 0 Å². The minimum atomic E-state index is -0.780. The van der Waals surface area contributed by atoms with E-state index in [-0.39, 0.29) is 11.9 Å². The fourth-order valence-electron chi connectivity index (χ4n) is 3.61. The summed E-state index contributed by atoms with van der Waals surface area (Å²) in [6, 6.07) is 9.21. The van der Waals surface area contributed by atoms with Crippen LogP contribution in [0.1, 0.15) is 55.6 Å². The number of carbonyl (C=O) groups is 2. The second-order valence-corrected chi connectivity index (χ2v) is 7.07. The third-order valence-electron chi connectivity index (χ3n) is 5.19. The first kappa shape index (κ1) is 19.1. The van der Waals surface area contributed by atoms with Crippen molar-refractivity contribution in [1.29, 1.82) is 0 Å². The molecule has 0 aliphatic carbocycles. The number of benzene rings is 1. The zero-order valence-electron chi connectivity index (χ0n) is 16.2. The van der Waals surface area contributed by atoms with E-state index in [1.54, 1.807) is 29.9 Å². The molecule has 0 saturated carbocycles. The summed E-state index contributed by atoms with van der Waals surface area (Å²) < 4.78 is 7.24. The molecule has 1 amide bonds. The Labute approximate surface area is 160 Å². The lowest BCUT2D eigenvalue weighted by molar-refractivity contribution is -0.143. The standard InChI is InChI=1S/C21H27N3O3/c1-4-18-7-5-6-14-23(18)20(25)16(3)27-21(26)17-8-10-19(11-9-17)24-15(2)12-13-22-24/h8-13,16,18H,4-7,14H2,1-3H3. The normalized spacial score (nSPS) is 18.2. The molecule has 0 N–H and O–H groups in total. The number of ether oxygens (including phenoxy) is 1. The number of carbonyl (C=O) groups excluding carboxylic acids is 2. The van der Waals surface area contributed by atoms with Crippen LogP contribution in [-0.4, -0.2) is 45.2 Å². The second kappa shape index (κ2) is 8.37. The Morgan fingerprint density at radius 2 is 1.96 bits per heavy atom. The first-order chi connectivity index (χ1) is 13.0. The number of aryl methyl sites for hydroxylation is 1. The van der Waals surface area contributed by atoms with Crippen LogP contribution in [0.25, 0.3) is 5.69 Å². The van der Waals surface area contributed by atoms with E-state index < -0.39 is 12.1 Å². The summed E-state index contributed by atoms with van der Waals surface area (Å²) in [5, 5.41) is 4.25. The van der Waals surface area contributed by atoms with Crippen LogP contribution in [-0.2, 0) is 9.53 Å². The number of hydrogen-bond acceptors (Lipinski definition) is 4. The minimum absolute atomic E-state index is 0.0984. The van der Waals surface area contributed by atoms with Gasteiger partial charge < -0.3 is 9.64 Å². The summed E-state index contributed by atoms with van der Waals surface area (Å²) >= 11 is 0. The highest BCUT2D eigenvalue weighted by Crippen LogP contribution is 2.21. The van der Waals surface area contributed by atoms with E-state index in [4.69, 9.17) is 4.74 Å². The predicted octanol–water partition coefficient (Wildman–Crippen LogP) is 3.52. The van der Waals surface area contributed by atoms with E-state index in [2.05, 4.69) is 12.0 Å². The second-order valence-electron chi connectivity index (χ2n) is 7.07. The van der Waals surface area contributed by atoms with Gasteiger partial charge in [0.1, 0.15) is 0 Å². The Balaban J connectivity index is 1.64. The molecule has 0 radical (unpaired) electrons. The lowest BCUT2D eigenvalue weighted by atomic mass is 9.99. The largest absolute Gasteiger partial charge is 0.449 e. The Bertz CT molecular complexity index is 797. The van der Waals surface area contributed by atoms with Crippen molar-refractivity contribution in [2.45, 2.75) is 58.6 Å². The van der Waals surface area contributed by atoms with Crippen molar-refractivity contribution in [3.8, 4) is 5.69 Å². The Hall–Kier alpha value is -2.63. The van der Waals surface area contributed by atoms with Gasteiger partial charge in [0.15, 0.2) is 6.10 Å². The Kier molecular flexibility index (Phi) is 5.94. The first-order valence-corrected chi connectivity index (χ1v) is 9.63. The number of likely N-dealkylation sites (tertiary alicyclic amines) is 1. The molecule has 2 unspecified atom stereocenters. The van der Waals surface area contributed by atoms with Crippen LogP contribution in [0, 0.1) is 6.92 Å². The van der Waals surface area contributed by atoms with Gasteiger partial charge in [0.25, 0.3) is 5.91 Å². The molecule has 0 spiro atoms. The molecular weight excluding hydrogens is 342 g/mol. The number of amides is 1. The van der Waals surface area contributed by atoms with Gasteiger partial charge in [0.05, 0.1) is 11.3 Å². The minimum Gasteiger partial charge on any atom is -0.449 e. The highest BCUT2D eigenvalue weighted by Gasteiger charge is 2.30. The smallest absolute Gasteiger partial charge is 0.338 e. The molecule has 2 atom stereocenters. The lowest BCUT2D eigenvalue weighted by Crippen LogP contribution is -2.48. The molecule has 1 saturated heterocycles. The zero-order chi connectivity index (χ0) is 19.4. The molecule has 1 aliphatic heterocycles. The number of rotatable bonds is 5. The lowest BCUT2D eigenvalue weighted by Gasteiger charge is -2.36. The van der Waals surface area contributed by atoms with E-state index >= 15 is 0 Å². The van der Waals surface area contributed by atoms with E-state index in [9.17, 15) is 9.59 Å². The third kappa shape index (κ3) is 4.21. The quantitative estimate of drug-likeness (QED) is 0.757. The zero-order valence-corrected chi connectivity index (χ0v) is 16.2. The molecule has 1 fully saturated rings. The molecule has 2 aromatic rings. The summed E-state index contributed by atoms with van der Waals surface area (Å²) in [5.74, 6) is -0.580. The van der Waals surface area contributed by atoms with Crippen LogP contribution in [0.4, 0.5) is 0 Å². The molecule has 0 bridgehead atoms. The monoisotopic (exact) mass is 369 g/mol. The number of hydrogen-bond donors (Lipinski definition) is 0. The highest BCUT2D eigenvalue weighted by atomic mass is 16.5. The number of piperidine rings is 1. The maximum absolute atomic E-state index is 12.7. The molecule has 6 nitrogen and oxygen atoms in total. The van der Waals surface area contributed by atoms with Crippen LogP contribution >= 0.6 is 0 Å². The van der Waals surface area contributed by atoms with Crippen molar-refractivity contribution >= 4 is 11.9 Å². The Morgan fingerprint density at radius 1 is 1.22 bits per heavy atom. The van der Waals surface area contributed by atoms with Crippen LogP contribution < -0.4 is 0 Å². The molecule has 1 aromatic carbocycles. The van der Waals surface area contributed by atoms with Crippen molar-refractivity contribution in [3.05, 3.63) is 47.8 Å². The van der Waals surface area contributed by atoms with Crippen LogP contribution in [0.2, 0.25) is 0 Å². The summed E-state index contributed by atoms with van der Waals surface area (Å²) in [7, 11) is 0. The predicted molar refractivity (Wildman–Crippen MR) is 103 cm³/mol. The summed E-state index contributed by atoms with van der Waals surface area (Å²) in [4.78, 5) is 27.0. The summed E-state index contributed by atoms with van der Waals surface area (Å²) in [5.41, 5.74) is 2.31. The molecule has 144 valence electrons. The molecule has 1 aromatic heterocycles. The van der Waals surface area contributed by atoms with Gasteiger partial charge in [-0.3, -0.25) is 4.79 Å². The van der Waals surface area contributed by atoms with Crippen molar-refractivity contribution < 1.29 is 14.3 Å². The topological polar surface area (TPSA) is 64.4 Å². The van der Waals surface area contributed by atoms with Gasteiger partial charge in [-0.15, -0.1) is 0 Å². The van der Waals surface area contributed by atoms with Crippen molar-refractivity contribution in [1.82, 2.24) is 14.7 Å². The highest BCUT2D eigenvalue weighted by molar-refractivity contribution is 5.92.